The van der Waals surface area contributed by atoms with Gasteiger partial charge in [0.25, 0.3) is 0 Å². The first-order chi connectivity index (χ1) is 19.3. The van der Waals surface area contributed by atoms with Crippen molar-refractivity contribution in [2.24, 2.45) is 7.05 Å². The normalized spacial score (nSPS) is 13.1. The van der Waals surface area contributed by atoms with Gasteiger partial charge in [0.2, 0.25) is 11.9 Å². The molecular formula is C27H23ClF2N8O2. The fourth-order valence-corrected chi connectivity index (χ4v) is 4.39. The van der Waals surface area contributed by atoms with E-state index in [4.69, 9.17) is 11.6 Å². The lowest BCUT2D eigenvalue weighted by Crippen LogP contribution is -2.45. The van der Waals surface area contributed by atoms with Crippen LogP contribution in [0.5, 0.6) is 0 Å². The highest BCUT2D eigenvalue weighted by Crippen LogP contribution is 2.37. The number of nitrogens with zero attached hydrogens (tertiary/aromatic N) is 6. The maximum atomic E-state index is 15.3. The maximum Gasteiger partial charge on any atom is 0.331 e. The van der Waals surface area contributed by atoms with Crippen molar-refractivity contribution in [2.45, 2.75) is 13.1 Å². The molecule has 204 valence electrons. The molecule has 0 unspecified atom stereocenters. The number of alkyl halides is 1. The molecule has 0 atom stereocenters. The lowest BCUT2D eigenvalue weighted by molar-refractivity contribution is -0.111. The van der Waals surface area contributed by atoms with Gasteiger partial charge in [0.1, 0.15) is 12.5 Å². The molecule has 0 spiro atoms. The molecule has 2 N–H and O–H groups in total. The Balaban J connectivity index is 1.56. The van der Waals surface area contributed by atoms with E-state index >= 15 is 4.39 Å². The number of hydrogen-bond donors (Lipinski definition) is 2. The number of benzene rings is 2. The minimum atomic E-state index is -0.807. The van der Waals surface area contributed by atoms with Gasteiger partial charge in [0.05, 0.1) is 17.9 Å². The van der Waals surface area contributed by atoms with Crippen LogP contribution < -0.4 is 15.5 Å². The Kier molecular flexibility index (Phi) is 7.69. The van der Waals surface area contributed by atoms with Gasteiger partial charge in [-0.15, -0.1) is 0 Å². The second-order valence-electron chi connectivity index (χ2n) is 8.85. The number of aryl methyl sites for hydroxylation is 1. The Labute approximate surface area is 232 Å². The zero-order chi connectivity index (χ0) is 28.2. The monoisotopic (exact) mass is 564 g/mol. The summed E-state index contributed by atoms with van der Waals surface area (Å²) in [6.07, 6.45) is 5.27. The molecule has 4 aromatic rings. The fraction of sp³-hybridized carbons (Fsp3) is 0.148. The van der Waals surface area contributed by atoms with E-state index in [-0.39, 0.29) is 41.4 Å². The summed E-state index contributed by atoms with van der Waals surface area (Å²) >= 11 is 6.16. The summed E-state index contributed by atoms with van der Waals surface area (Å²) in [6.45, 7) is -0.370. The summed E-state index contributed by atoms with van der Waals surface area (Å²) in [5, 5.41) is 9.78. The summed E-state index contributed by atoms with van der Waals surface area (Å²) in [7, 11) is 1.70. The number of nitrogens with one attached hydrogen (secondary N) is 2. The second-order valence-corrected chi connectivity index (χ2v) is 9.20. The Morgan fingerprint density at radius 2 is 2.00 bits per heavy atom. The van der Waals surface area contributed by atoms with Crippen molar-refractivity contribution >= 4 is 52.4 Å². The fourth-order valence-electron chi connectivity index (χ4n) is 4.18. The van der Waals surface area contributed by atoms with E-state index in [0.29, 0.717) is 11.3 Å². The average molecular weight is 565 g/mol. The maximum absolute atomic E-state index is 15.3. The molecule has 0 saturated heterocycles. The van der Waals surface area contributed by atoms with Crippen LogP contribution in [0.3, 0.4) is 0 Å². The molecule has 1 aliphatic heterocycles. The number of halogens is 3. The van der Waals surface area contributed by atoms with Crippen molar-refractivity contribution in [1.29, 1.82) is 0 Å². The summed E-state index contributed by atoms with van der Waals surface area (Å²) in [4.78, 5) is 37.6. The van der Waals surface area contributed by atoms with Crippen LogP contribution in [0.2, 0.25) is 5.15 Å². The van der Waals surface area contributed by atoms with Gasteiger partial charge < -0.3 is 15.5 Å². The molecule has 40 heavy (non-hydrogen) atoms. The van der Waals surface area contributed by atoms with Gasteiger partial charge in [0, 0.05) is 43.3 Å². The first-order valence-corrected chi connectivity index (χ1v) is 12.5. The van der Waals surface area contributed by atoms with Crippen LogP contribution in [0.15, 0.2) is 73.1 Å². The van der Waals surface area contributed by atoms with Crippen LogP contribution in [-0.2, 0) is 24.9 Å². The predicted octanol–water partition coefficient (Wildman–Crippen LogP) is 5.48. The van der Waals surface area contributed by atoms with Gasteiger partial charge in [-0.05, 0) is 29.8 Å². The molecular weight excluding hydrogens is 542 g/mol. The number of urea groups is 1. The number of rotatable bonds is 8. The molecule has 3 heterocycles. The Hall–Kier alpha value is -4.84. The molecule has 2 aromatic carbocycles. The van der Waals surface area contributed by atoms with Crippen LogP contribution in [0.25, 0.3) is 0 Å². The van der Waals surface area contributed by atoms with Crippen LogP contribution in [0, 0.1) is 5.82 Å². The van der Waals surface area contributed by atoms with Gasteiger partial charge in [-0.1, -0.05) is 41.9 Å². The van der Waals surface area contributed by atoms with E-state index in [1.165, 1.54) is 16.8 Å². The SMILES string of the molecule is Cn1cc(Nc2ncc3c(n2)N(c2cc(NC(=O)/C=C/CF)ccc2F)C(=O)N(Cc2ccccc2)C3)c(Cl)n1. The number of carbonyl (C=O) groups excluding carboxylic acids is 2. The average Bonchev–Trinajstić information content (AvgIpc) is 3.26. The highest BCUT2D eigenvalue weighted by molar-refractivity contribution is 6.32. The van der Waals surface area contributed by atoms with Gasteiger partial charge in [-0.2, -0.15) is 10.1 Å². The summed E-state index contributed by atoms with van der Waals surface area (Å²) in [6, 6.07) is 12.6. The molecule has 2 aromatic heterocycles. The number of carbonyl (C=O) groups is 2. The first-order valence-electron chi connectivity index (χ1n) is 12.1. The molecule has 5 rings (SSSR count). The summed E-state index contributed by atoms with van der Waals surface area (Å²) in [5.41, 5.74) is 1.96. The van der Waals surface area contributed by atoms with Gasteiger partial charge in [-0.25, -0.2) is 23.5 Å². The van der Waals surface area contributed by atoms with Gasteiger partial charge in [0.15, 0.2) is 11.0 Å². The van der Waals surface area contributed by atoms with Crippen LogP contribution in [0.4, 0.5) is 42.4 Å². The topological polar surface area (TPSA) is 108 Å². The number of aromatic nitrogens is 4. The molecule has 0 aliphatic carbocycles. The number of fused-ring (bicyclic) bond motifs is 1. The third kappa shape index (κ3) is 5.76. The molecule has 0 radical (unpaired) electrons. The van der Waals surface area contributed by atoms with Crippen molar-refractivity contribution in [3.05, 3.63) is 95.2 Å². The Morgan fingerprint density at radius 3 is 2.73 bits per heavy atom. The van der Waals surface area contributed by atoms with Crippen molar-refractivity contribution in [2.75, 3.05) is 22.2 Å². The lowest BCUT2D eigenvalue weighted by Gasteiger charge is -2.36. The minimum absolute atomic E-state index is 0.115. The van der Waals surface area contributed by atoms with E-state index in [2.05, 4.69) is 25.7 Å². The third-order valence-electron chi connectivity index (χ3n) is 5.94. The zero-order valence-corrected chi connectivity index (χ0v) is 21.9. The van der Waals surface area contributed by atoms with E-state index < -0.39 is 24.4 Å². The van der Waals surface area contributed by atoms with E-state index in [1.807, 2.05) is 30.3 Å². The molecule has 3 amide bonds. The molecule has 0 bridgehead atoms. The number of anilines is 5. The lowest BCUT2D eigenvalue weighted by atomic mass is 10.1. The highest BCUT2D eigenvalue weighted by Gasteiger charge is 2.35. The Bertz CT molecular complexity index is 1590. The smallest absolute Gasteiger partial charge is 0.322 e. The minimum Gasteiger partial charge on any atom is -0.322 e. The molecule has 0 fully saturated rings. The highest BCUT2D eigenvalue weighted by atomic mass is 35.5. The zero-order valence-electron chi connectivity index (χ0n) is 21.2. The van der Waals surface area contributed by atoms with Gasteiger partial charge >= 0.3 is 6.03 Å². The van der Waals surface area contributed by atoms with Crippen molar-refractivity contribution < 1.29 is 18.4 Å². The number of amides is 3. The number of allylic oxidation sites excluding steroid dienone is 1. The summed E-state index contributed by atoms with van der Waals surface area (Å²) < 4.78 is 29.3. The van der Waals surface area contributed by atoms with Crippen LogP contribution in [-0.4, -0.2) is 43.3 Å². The standard InChI is InChI=1S/C27H23ClF2N8O2/c1-36-16-21(24(28)35-36)33-26-31-13-18-15-37(14-17-6-3-2-4-7-17)27(40)38(25(18)34-26)22-12-19(9-10-20(22)30)32-23(39)8-5-11-29/h2-10,12-13,16H,11,14-15H2,1H3,(H,32,39)(H,31,33,34)/b8-5+. The Morgan fingerprint density at radius 1 is 1.20 bits per heavy atom. The summed E-state index contributed by atoms with van der Waals surface area (Å²) in [5.74, 6) is -1.05. The van der Waals surface area contributed by atoms with Crippen molar-refractivity contribution in [3.8, 4) is 0 Å². The van der Waals surface area contributed by atoms with Gasteiger partial charge in [-0.3, -0.25) is 9.48 Å². The van der Waals surface area contributed by atoms with E-state index in [9.17, 15) is 14.0 Å². The molecule has 10 nitrogen and oxygen atoms in total. The van der Waals surface area contributed by atoms with Crippen LogP contribution >= 0.6 is 11.6 Å². The predicted molar refractivity (Wildman–Crippen MR) is 147 cm³/mol. The van der Waals surface area contributed by atoms with E-state index in [1.54, 1.807) is 24.3 Å². The molecule has 1 aliphatic rings. The number of hydrogen-bond acceptors (Lipinski definition) is 6. The third-order valence-corrected chi connectivity index (χ3v) is 6.22. The molecule has 13 heteroatoms. The molecule has 0 saturated carbocycles. The second kappa shape index (κ2) is 11.5. The largest absolute Gasteiger partial charge is 0.331 e. The van der Waals surface area contributed by atoms with Crippen molar-refractivity contribution in [1.82, 2.24) is 24.6 Å². The first kappa shape index (κ1) is 26.8. The van der Waals surface area contributed by atoms with E-state index in [0.717, 1.165) is 28.7 Å². The quantitative estimate of drug-likeness (QED) is 0.274. The van der Waals surface area contributed by atoms with Crippen LogP contribution in [0.1, 0.15) is 11.1 Å². The van der Waals surface area contributed by atoms with Crippen molar-refractivity contribution in [3.63, 3.8) is 0 Å².